The average molecular weight is 427 g/mol. The van der Waals surface area contributed by atoms with E-state index in [9.17, 15) is 14.4 Å². The molecule has 1 saturated heterocycles. The Morgan fingerprint density at radius 2 is 1.90 bits per heavy atom. The van der Waals surface area contributed by atoms with Gasteiger partial charge in [-0.1, -0.05) is 23.7 Å². The van der Waals surface area contributed by atoms with Crippen LogP contribution in [0.2, 0.25) is 5.02 Å². The van der Waals surface area contributed by atoms with Gasteiger partial charge in [0.1, 0.15) is 5.57 Å². The van der Waals surface area contributed by atoms with Crippen molar-refractivity contribution in [1.82, 2.24) is 5.32 Å². The summed E-state index contributed by atoms with van der Waals surface area (Å²) >= 11 is 5.98. The van der Waals surface area contributed by atoms with Crippen molar-refractivity contribution < 1.29 is 23.9 Å². The number of methoxy groups -OCH3 is 2. The van der Waals surface area contributed by atoms with Crippen LogP contribution in [0.15, 0.2) is 54.6 Å². The zero-order valence-electron chi connectivity index (χ0n) is 16.4. The molecule has 2 aromatic carbocycles. The molecule has 1 N–H and O–H groups in total. The molecule has 0 atom stereocenters. The molecule has 30 heavy (non-hydrogen) atoms. The van der Waals surface area contributed by atoms with Gasteiger partial charge < -0.3 is 9.47 Å². The van der Waals surface area contributed by atoms with Crippen LogP contribution < -0.4 is 19.7 Å². The molecular formula is C22H19ClN2O5. The van der Waals surface area contributed by atoms with Gasteiger partial charge in [-0.15, -0.1) is 6.58 Å². The van der Waals surface area contributed by atoms with Crippen molar-refractivity contribution in [2.75, 3.05) is 19.1 Å². The van der Waals surface area contributed by atoms with Crippen LogP contribution in [-0.4, -0.2) is 32.1 Å². The number of halogens is 1. The number of carbonyl (C=O) groups is 3. The number of rotatable bonds is 6. The third kappa shape index (κ3) is 4.06. The highest BCUT2D eigenvalue weighted by Crippen LogP contribution is 2.34. The second-order valence-corrected chi connectivity index (χ2v) is 6.78. The molecule has 0 aliphatic carbocycles. The van der Waals surface area contributed by atoms with Gasteiger partial charge in [-0.2, -0.15) is 0 Å². The first-order valence-electron chi connectivity index (χ1n) is 8.92. The van der Waals surface area contributed by atoms with Crippen LogP contribution in [0.5, 0.6) is 11.5 Å². The van der Waals surface area contributed by atoms with Gasteiger partial charge in [0.2, 0.25) is 0 Å². The Morgan fingerprint density at radius 3 is 2.53 bits per heavy atom. The van der Waals surface area contributed by atoms with E-state index in [-0.39, 0.29) is 11.3 Å². The number of nitrogens with one attached hydrogen (secondary N) is 1. The standard InChI is InChI=1S/C22H19ClN2O5/c1-4-6-14-9-13(11-18(29-2)19(14)30-3)10-17-20(26)24-22(28)25(21(17)27)16-8-5-7-15(23)12-16/h4-5,7-12H,1,6H2,2-3H3,(H,24,26,28)/b17-10+. The number of anilines is 1. The zero-order chi connectivity index (χ0) is 21.8. The Balaban J connectivity index is 2.08. The van der Waals surface area contributed by atoms with E-state index in [0.29, 0.717) is 28.5 Å². The summed E-state index contributed by atoms with van der Waals surface area (Å²) in [6.07, 6.45) is 3.59. The highest BCUT2D eigenvalue weighted by atomic mass is 35.5. The Morgan fingerprint density at radius 1 is 1.13 bits per heavy atom. The quantitative estimate of drug-likeness (QED) is 0.432. The molecule has 154 valence electrons. The van der Waals surface area contributed by atoms with Crippen molar-refractivity contribution >= 4 is 41.2 Å². The molecular weight excluding hydrogens is 408 g/mol. The van der Waals surface area contributed by atoms with Gasteiger partial charge in [-0.05, 0) is 48.4 Å². The first kappa shape index (κ1) is 21.1. The molecule has 7 nitrogen and oxygen atoms in total. The predicted molar refractivity (Wildman–Crippen MR) is 114 cm³/mol. The molecule has 8 heteroatoms. The number of allylic oxidation sites excluding steroid dienone is 1. The van der Waals surface area contributed by atoms with Gasteiger partial charge in [0.25, 0.3) is 11.8 Å². The van der Waals surface area contributed by atoms with E-state index < -0.39 is 17.8 Å². The number of amides is 4. The first-order chi connectivity index (χ1) is 14.4. The number of hydrogen-bond acceptors (Lipinski definition) is 5. The Labute approximate surface area is 178 Å². The monoisotopic (exact) mass is 426 g/mol. The minimum Gasteiger partial charge on any atom is -0.493 e. The van der Waals surface area contributed by atoms with E-state index in [1.54, 1.807) is 36.4 Å². The SMILES string of the molecule is C=CCc1cc(/C=C2\C(=O)NC(=O)N(c3cccc(Cl)c3)C2=O)cc(OC)c1OC. The third-order valence-electron chi connectivity index (χ3n) is 4.42. The van der Waals surface area contributed by atoms with Crippen LogP contribution in [-0.2, 0) is 16.0 Å². The summed E-state index contributed by atoms with van der Waals surface area (Å²) in [5.74, 6) is -0.570. The number of barbiturate groups is 1. The Kier molecular flexibility index (Phi) is 6.23. The molecule has 1 fully saturated rings. The van der Waals surface area contributed by atoms with Crippen LogP contribution in [0.3, 0.4) is 0 Å². The van der Waals surface area contributed by atoms with Crippen LogP contribution in [0.25, 0.3) is 6.08 Å². The molecule has 4 amide bonds. The molecule has 1 heterocycles. The smallest absolute Gasteiger partial charge is 0.335 e. The number of carbonyl (C=O) groups excluding carboxylic acids is 3. The second-order valence-electron chi connectivity index (χ2n) is 6.35. The number of urea groups is 1. The van der Waals surface area contributed by atoms with Crippen molar-refractivity contribution in [2.45, 2.75) is 6.42 Å². The van der Waals surface area contributed by atoms with Crippen LogP contribution in [0.1, 0.15) is 11.1 Å². The maximum atomic E-state index is 13.0. The number of imide groups is 2. The molecule has 1 aliphatic heterocycles. The van der Waals surface area contributed by atoms with Gasteiger partial charge in [0.15, 0.2) is 11.5 Å². The van der Waals surface area contributed by atoms with Crippen LogP contribution in [0, 0.1) is 0 Å². The van der Waals surface area contributed by atoms with Crippen LogP contribution in [0.4, 0.5) is 10.5 Å². The molecule has 0 unspecified atom stereocenters. The van der Waals surface area contributed by atoms with E-state index in [1.165, 1.54) is 26.4 Å². The molecule has 0 radical (unpaired) electrons. The van der Waals surface area contributed by atoms with E-state index >= 15 is 0 Å². The first-order valence-corrected chi connectivity index (χ1v) is 9.30. The van der Waals surface area contributed by atoms with Crippen molar-refractivity contribution in [1.29, 1.82) is 0 Å². The number of hydrogen-bond donors (Lipinski definition) is 1. The minimum absolute atomic E-state index is 0.202. The van der Waals surface area contributed by atoms with E-state index in [1.807, 2.05) is 0 Å². The Bertz CT molecular complexity index is 1080. The lowest BCUT2D eigenvalue weighted by molar-refractivity contribution is -0.122. The predicted octanol–water partition coefficient (Wildman–Crippen LogP) is 3.75. The number of ether oxygens (including phenoxy) is 2. The summed E-state index contributed by atoms with van der Waals surface area (Å²) in [5, 5.41) is 2.53. The molecule has 2 aromatic rings. The summed E-state index contributed by atoms with van der Waals surface area (Å²) in [6, 6.07) is 8.79. The zero-order valence-corrected chi connectivity index (χ0v) is 17.2. The number of benzene rings is 2. The molecule has 0 aromatic heterocycles. The number of nitrogens with zero attached hydrogens (tertiary/aromatic N) is 1. The molecule has 0 saturated carbocycles. The fraction of sp³-hybridized carbons (Fsp3) is 0.136. The van der Waals surface area contributed by atoms with E-state index in [2.05, 4.69) is 11.9 Å². The average Bonchev–Trinajstić information content (AvgIpc) is 2.71. The highest BCUT2D eigenvalue weighted by Gasteiger charge is 2.37. The molecule has 0 bridgehead atoms. The molecule has 3 rings (SSSR count). The van der Waals surface area contributed by atoms with Crippen molar-refractivity contribution in [2.24, 2.45) is 0 Å². The summed E-state index contributed by atoms with van der Waals surface area (Å²) in [4.78, 5) is 38.6. The van der Waals surface area contributed by atoms with Crippen molar-refractivity contribution in [3.63, 3.8) is 0 Å². The van der Waals surface area contributed by atoms with Gasteiger partial charge in [-0.25, -0.2) is 9.69 Å². The maximum absolute atomic E-state index is 13.0. The van der Waals surface area contributed by atoms with Crippen molar-refractivity contribution in [3.8, 4) is 11.5 Å². The maximum Gasteiger partial charge on any atom is 0.335 e. The van der Waals surface area contributed by atoms with Gasteiger partial charge >= 0.3 is 6.03 Å². The van der Waals surface area contributed by atoms with Gasteiger partial charge in [0, 0.05) is 10.6 Å². The highest BCUT2D eigenvalue weighted by molar-refractivity contribution is 6.39. The van der Waals surface area contributed by atoms with Crippen LogP contribution >= 0.6 is 11.6 Å². The largest absolute Gasteiger partial charge is 0.493 e. The Hall–Kier alpha value is -3.58. The summed E-state index contributed by atoms with van der Waals surface area (Å²) in [5.41, 5.74) is 1.35. The minimum atomic E-state index is -0.843. The third-order valence-corrected chi connectivity index (χ3v) is 4.66. The van der Waals surface area contributed by atoms with Crippen molar-refractivity contribution in [3.05, 3.63) is 70.8 Å². The lowest BCUT2D eigenvalue weighted by Gasteiger charge is -2.26. The topological polar surface area (TPSA) is 84.9 Å². The van der Waals surface area contributed by atoms with Gasteiger partial charge in [0.05, 0.1) is 19.9 Å². The fourth-order valence-electron chi connectivity index (χ4n) is 3.13. The van der Waals surface area contributed by atoms with Gasteiger partial charge in [-0.3, -0.25) is 14.9 Å². The fourth-order valence-corrected chi connectivity index (χ4v) is 3.32. The summed E-state index contributed by atoms with van der Waals surface area (Å²) in [6.45, 7) is 3.73. The lowest BCUT2D eigenvalue weighted by atomic mass is 10.0. The van der Waals surface area contributed by atoms with E-state index in [4.69, 9.17) is 21.1 Å². The molecule has 1 aliphatic rings. The summed E-state index contributed by atoms with van der Waals surface area (Å²) < 4.78 is 10.8. The lowest BCUT2D eigenvalue weighted by Crippen LogP contribution is -2.54. The summed E-state index contributed by atoms with van der Waals surface area (Å²) in [7, 11) is 3.01. The normalized spacial score (nSPS) is 15.2. The van der Waals surface area contributed by atoms with E-state index in [0.717, 1.165) is 10.5 Å². The molecule has 0 spiro atoms. The second kappa shape index (κ2) is 8.84.